The summed E-state index contributed by atoms with van der Waals surface area (Å²) >= 11 is 1.18. The zero-order valence-electron chi connectivity index (χ0n) is 8.43. The highest BCUT2D eigenvalue weighted by atomic mass is 32.2. The van der Waals surface area contributed by atoms with Crippen LogP contribution in [0.2, 0.25) is 0 Å². The normalized spacial score (nSPS) is 13.7. The molecule has 3 N–H and O–H groups in total. The van der Waals surface area contributed by atoms with Crippen LogP contribution in [0.4, 0.5) is 0 Å². The van der Waals surface area contributed by atoms with Crippen LogP contribution in [0.25, 0.3) is 0 Å². The van der Waals surface area contributed by atoms with Gasteiger partial charge in [0.05, 0.1) is 0 Å². The minimum atomic E-state index is -3.42. The number of rotatable bonds is 5. The maximum absolute atomic E-state index is 11.7. The second kappa shape index (κ2) is 4.89. The maximum Gasteiger partial charge on any atom is 0.250 e. The third kappa shape index (κ3) is 3.13. The van der Waals surface area contributed by atoms with Crippen LogP contribution in [0.5, 0.6) is 0 Å². The molecule has 84 valence electrons. The number of hydrogen-bond acceptors (Lipinski definition) is 4. The standard InChI is InChI=1S/C9H14N2O2S2/c1-3-7(2)11-15(12,13)9-5-4-8(6-10)14-9/h3-5,7,11H,1,6,10H2,2H3. The van der Waals surface area contributed by atoms with Gasteiger partial charge in [-0.15, -0.1) is 17.9 Å². The monoisotopic (exact) mass is 246 g/mol. The molecule has 15 heavy (non-hydrogen) atoms. The molecule has 0 aromatic carbocycles. The van der Waals surface area contributed by atoms with Crippen LogP contribution in [0.3, 0.4) is 0 Å². The first-order valence-electron chi connectivity index (χ1n) is 4.43. The number of nitrogens with one attached hydrogen (secondary N) is 1. The van der Waals surface area contributed by atoms with Crippen LogP contribution in [-0.2, 0) is 16.6 Å². The quantitative estimate of drug-likeness (QED) is 0.763. The molecular weight excluding hydrogens is 232 g/mol. The van der Waals surface area contributed by atoms with Crippen molar-refractivity contribution in [2.45, 2.75) is 23.7 Å². The second-order valence-electron chi connectivity index (χ2n) is 3.07. The molecule has 0 aliphatic carbocycles. The summed E-state index contributed by atoms with van der Waals surface area (Å²) in [5, 5.41) is 0. The molecule has 0 aliphatic heterocycles. The van der Waals surface area contributed by atoms with Crippen LogP contribution in [0.1, 0.15) is 11.8 Å². The fraction of sp³-hybridized carbons (Fsp3) is 0.333. The highest BCUT2D eigenvalue weighted by Gasteiger charge is 2.17. The van der Waals surface area contributed by atoms with Crippen molar-refractivity contribution in [3.63, 3.8) is 0 Å². The number of thiophene rings is 1. The molecule has 1 rings (SSSR count). The van der Waals surface area contributed by atoms with Gasteiger partial charge in [-0.2, -0.15) is 0 Å². The van der Waals surface area contributed by atoms with Gasteiger partial charge in [-0.25, -0.2) is 13.1 Å². The van der Waals surface area contributed by atoms with E-state index in [4.69, 9.17) is 5.73 Å². The topological polar surface area (TPSA) is 72.2 Å². The van der Waals surface area contributed by atoms with E-state index in [1.54, 1.807) is 19.1 Å². The molecule has 0 amide bonds. The zero-order chi connectivity index (χ0) is 11.5. The molecule has 6 heteroatoms. The van der Waals surface area contributed by atoms with Crippen LogP contribution in [-0.4, -0.2) is 14.5 Å². The summed E-state index contributed by atoms with van der Waals surface area (Å²) in [6.07, 6.45) is 1.54. The van der Waals surface area contributed by atoms with E-state index in [1.165, 1.54) is 17.4 Å². The summed E-state index contributed by atoms with van der Waals surface area (Å²) in [6, 6.07) is 3.00. The van der Waals surface area contributed by atoms with E-state index in [9.17, 15) is 8.42 Å². The molecule has 1 atom stereocenters. The van der Waals surface area contributed by atoms with E-state index in [2.05, 4.69) is 11.3 Å². The van der Waals surface area contributed by atoms with Gasteiger partial charge in [-0.3, -0.25) is 0 Å². The SMILES string of the molecule is C=CC(C)NS(=O)(=O)c1ccc(CN)s1. The molecule has 0 spiro atoms. The molecule has 0 saturated heterocycles. The van der Waals surface area contributed by atoms with E-state index in [1.807, 2.05) is 0 Å². The Morgan fingerprint density at radius 2 is 2.33 bits per heavy atom. The summed E-state index contributed by atoms with van der Waals surface area (Å²) in [6.45, 7) is 5.60. The van der Waals surface area contributed by atoms with Crippen molar-refractivity contribution in [1.82, 2.24) is 4.72 Å². The summed E-state index contributed by atoms with van der Waals surface area (Å²) in [7, 11) is -3.42. The van der Waals surface area contributed by atoms with Gasteiger partial charge >= 0.3 is 0 Å². The third-order valence-electron chi connectivity index (χ3n) is 1.80. The predicted octanol–water partition coefficient (Wildman–Crippen LogP) is 1.06. The maximum atomic E-state index is 11.7. The first-order valence-corrected chi connectivity index (χ1v) is 6.73. The Hall–Kier alpha value is -0.690. The third-order valence-corrected chi connectivity index (χ3v) is 4.96. The minimum absolute atomic E-state index is 0.279. The van der Waals surface area contributed by atoms with Crippen molar-refractivity contribution in [3.8, 4) is 0 Å². The molecule has 0 radical (unpaired) electrons. The molecule has 1 heterocycles. The number of hydrogen-bond donors (Lipinski definition) is 2. The number of nitrogens with two attached hydrogens (primary N) is 1. The second-order valence-corrected chi connectivity index (χ2v) is 6.18. The minimum Gasteiger partial charge on any atom is -0.326 e. The Bertz CT molecular complexity index is 437. The van der Waals surface area contributed by atoms with Gasteiger partial charge in [0, 0.05) is 17.5 Å². The van der Waals surface area contributed by atoms with E-state index in [0.29, 0.717) is 6.54 Å². The lowest BCUT2D eigenvalue weighted by Crippen LogP contribution is -2.30. The number of sulfonamides is 1. The largest absolute Gasteiger partial charge is 0.326 e. The Balaban J connectivity index is 2.90. The van der Waals surface area contributed by atoms with Gasteiger partial charge in [0.25, 0.3) is 10.0 Å². The fourth-order valence-electron chi connectivity index (χ4n) is 0.963. The molecule has 1 unspecified atom stereocenters. The average Bonchev–Trinajstić information content (AvgIpc) is 2.65. The molecule has 0 bridgehead atoms. The highest BCUT2D eigenvalue weighted by Crippen LogP contribution is 2.21. The van der Waals surface area contributed by atoms with E-state index in [-0.39, 0.29) is 10.3 Å². The molecule has 1 aromatic rings. The lowest BCUT2D eigenvalue weighted by molar-refractivity contribution is 0.578. The summed E-state index contributed by atoms with van der Waals surface area (Å²) in [4.78, 5) is 0.849. The first kappa shape index (κ1) is 12.4. The molecule has 0 aliphatic rings. The van der Waals surface area contributed by atoms with Crippen LogP contribution in [0, 0.1) is 0 Å². The summed E-state index contributed by atoms with van der Waals surface area (Å²) < 4.78 is 26.3. The zero-order valence-corrected chi connectivity index (χ0v) is 10.1. The Kier molecular flexibility index (Phi) is 4.04. The van der Waals surface area contributed by atoms with Gasteiger partial charge in [-0.1, -0.05) is 6.08 Å². The van der Waals surface area contributed by atoms with Gasteiger partial charge in [-0.05, 0) is 19.1 Å². The van der Waals surface area contributed by atoms with Crippen LogP contribution < -0.4 is 10.5 Å². The van der Waals surface area contributed by atoms with E-state index < -0.39 is 10.0 Å². The van der Waals surface area contributed by atoms with Crippen molar-refractivity contribution >= 4 is 21.4 Å². The predicted molar refractivity (Wildman–Crippen MR) is 62.2 cm³/mol. The van der Waals surface area contributed by atoms with E-state index in [0.717, 1.165) is 4.88 Å². The molecule has 1 aromatic heterocycles. The fourth-order valence-corrected chi connectivity index (χ4v) is 3.43. The lowest BCUT2D eigenvalue weighted by atomic mass is 10.4. The van der Waals surface area contributed by atoms with Crippen molar-refractivity contribution in [1.29, 1.82) is 0 Å². The molecular formula is C9H14N2O2S2. The van der Waals surface area contributed by atoms with Gasteiger partial charge in [0.1, 0.15) is 4.21 Å². The smallest absolute Gasteiger partial charge is 0.250 e. The molecule has 4 nitrogen and oxygen atoms in total. The Morgan fingerprint density at radius 1 is 1.67 bits per heavy atom. The first-order chi connectivity index (χ1) is 6.99. The summed E-state index contributed by atoms with van der Waals surface area (Å²) in [5.41, 5.74) is 5.41. The van der Waals surface area contributed by atoms with Crippen LogP contribution >= 0.6 is 11.3 Å². The Morgan fingerprint density at radius 3 is 2.80 bits per heavy atom. The van der Waals surface area contributed by atoms with Crippen molar-refractivity contribution in [3.05, 3.63) is 29.7 Å². The van der Waals surface area contributed by atoms with Crippen molar-refractivity contribution in [2.24, 2.45) is 5.73 Å². The summed E-state index contributed by atoms with van der Waals surface area (Å²) in [5.74, 6) is 0. The van der Waals surface area contributed by atoms with Gasteiger partial charge < -0.3 is 5.73 Å². The average molecular weight is 246 g/mol. The van der Waals surface area contributed by atoms with Crippen molar-refractivity contribution in [2.75, 3.05) is 0 Å². The van der Waals surface area contributed by atoms with E-state index >= 15 is 0 Å². The van der Waals surface area contributed by atoms with Gasteiger partial charge in [0.2, 0.25) is 0 Å². The van der Waals surface area contributed by atoms with Gasteiger partial charge in [0.15, 0.2) is 0 Å². The Labute approximate surface area is 93.9 Å². The lowest BCUT2D eigenvalue weighted by Gasteiger charge is -2.07. The molecule has 0 fully saturated rings. The molecule has 0 saturated carbocycles. The highest BCUT2D eigenvalue weighted by molar-refractivity contribution is 7.91. The van der Waals surface area contributed by atoms with Crippen molar-refractivity contribution < 1.29 is 8.42 Å². The van der Waals surface area contributed by atoms with Crippen LogP contribution in [0.15, 0.2) is 29.0 Å².